The molecule has 1 spiro atoms. The van der Waals surface area contributed by atoms with Gasteiger partial charge in [0.1, 0.15) is 11.4 Å². The number of hydrogen-bond donors (Lipinski definition) is 1. The summed E-state index contributed by atoms with van der Waals surface area (Å²) in [5.74, 6) is -0.526. The molecule has 1 aromatic carbocycles. The number of halogens is 2. The quantitative estimate of drug-likeness (QED) is 0.828. The lowest BCUT2D eigenvalue weighted by atomic mass is 9.80. The van der Waals surface area contributed by atoms with Crippen LogP contribution < -0.4 is 5.32 Å². The third kappa shape index (κ3) is 2.46. The van der Waals surface area contributed by atoms with Crippen LogP contribution >= 0.6 is 15.9 Å². The minimum absolute atomic E-state index is 0.187. The van der Waals surface area contributed by atoms with E-state index in [1.165, 1.54) is 6.07 Å². The summed E-state index contributed by atoms with van der Waals surface area (Å²) in [6, 6.07) is 4.32. The second-order valence-electron chi connectivity index (χ2n) is 5.69. The van der Waals surface area contributed by atoms with E-state index in [1.54, 1.807) is 17.0 Å². The van der Waals surface area contributed by atoms with Crippen LogP contribution in [0.5, 0.6) is 0 Å². The molecule has 0 unspecified atom stereocenters. The van der Waals surface area contributed by atoms with Gasteiger partial charge in [-0.05, 0) is 46.5 Å². The van der Waals surface area contributed by atoms with Crippen LogP contribution in [0.1, 0.15) is 37.7 Å². The number of carbonyl (C=O) groups is 2. The predicted octanol–water partition coefficient (Wildman–Crippen LogP) is 3.34. The smallest absolute Gasteiger partial charge is 0.305 e. The molecule has 0 bridgehead atoms. The first-order valence-electron chi connectivity index (χ1n) is 7.10. The van der Waals surface area contributed by atoms with Gasteiger partial charge < -0.3 is 4.90 Å². The summed E-state index contributed by atoms with van der Waals surface area (Å²) in [6.45, 7) is 0.316. The molecule has 1 aliphatic heterocycles. The van der Waals surface area contributed by atoms with Crippen LogP contribution in [0.3, 0.4) is 0 Å². The van der Waals surface area contributed by atoms with Crippen molar-refractivity contribution in [2.75, 3.05) is 0 Å². The summed E-state index contributed by atoms with van der Waals surface area (Å²) in [5, 5.41) is 2.44. The molecule has 1 saturated heterocycles. The molecular formula is C15H16BrFN2O2. The Balaban J connectivity index is 1.89. The van der Waals surface area contributed by atoms with Crippen LogP contribution in [-0.4, -0.2) is 22.4 Å². The molecule has 2 aliphatic rings. The Kier molecular flexibility index (Phi) is 3.73. The average Bonchev–Trinajstić information content (AvgIpc) is 2.68. The first-order chi connectivity index (χ1) is 10.0. The Morgan fingerprint density at radius 1 is 1.24 bits per heavy atom. The number of carbonyl (C=O) groups excluding carboxylic acids is 2. The van der Waals surface area contributed by atoms with Crippen molar-refractivity contribution in [3.63, 3.8) is 0 Å². The lowest BCUT2D eigenvalue weighted by Crippen LogP contribution is -2.50. The zero-order chi connectivity index (χ0) is 15.0. The van der Waals surface area contributed by atoms with Gasteiger partial charge in [0.15, 0.2) is 0 Å². The number of nitrogens with one attached hydrogen (secondary N) is 1. The Labute approximate surface area is 130 Å². The summed E-state index contributed by atoms with van der Waals surface area (Å²) >= 11 is 3.15. The van der Waals surface area contributed by atoms with Crippen LogP contribution in [0.4, 0.5) is 9.18 Å². The van der Waals surface area contributed by atoms with Crippen molar-refractivity contribution >= 4 is 27.9 Å². The summed E-state index contributed by atoms with van der Waals surface area (Å²) in [5.41, 5.74) is 0.0917. The predicted molar refractivity (Wildman–Crippen MR) is 79.0 cm³/mol. The second kappa shape index (κ2) is 5.40. The first-order valence-corrected chi connectivity index (χ1v) is 7.89. The van der Waals surface area contributed by atoms with Crippen molar-refractivity contribution < 1.29 is 14.0 Å². The number of benzene rings is 1. The number of hydrogen-bond acceptors (Lipinski definition) is 2. The highest BCUT2D eigenvalue weighted by Gasteiger charge is 2.52. The van der Waals surface area contributed by atoms with Gasteiger partial charge in [-0.1, -0.05) is 25.3 Å². The SMILES string of the molecule is O=C1NC(=O)C2(CCCCC2)N1Cc1ccc(F)c(Br)c1. The molecule has 6 heteroatoms. The van der Waals surface area contributed by atoms with Crippen molar-refractivity contribution in [2.24, 2.45) is 0 Å². The number of nitrogens with zero attached hydrogens (tertiary/aromatic N) is 1. The van der Waals surface area contributed by atoms with Crippen LogP contribution in [-0.2, 0) is 11.3 Å². The molecule has 112 valence electrons. The van der Waals surface area contributed by atoms with E-state index in [0.29, 0.717) is 23.9 Å². The van der Waals surface area contributed by atoms with Gasteiger partial charge in [0.2, 0.25) is 0 Å². The zero-order valence-electron chi connectivity index (χ0n) is 11.5. The molecule has 1 heterocycles. The van der Waals surface area contributed by atoms with Crippen molar-refractivity contribution in [3.8, 4) is 0 Å². The van der Waals surface area contributed by atoms with Crippen molar-refractivity contribution in [3.05, 3.63) is 34.1 Å². The summed E-state index contributed by atoms with van der Waals surface area (Å²) in [4.78, 5) is 26.0. The van der Waals surface area contributed by atoms with Gasteiger partial charge in [0, 0.05) is 6.54 Å². The highest BCUT2D eigenvalue weighted by molar-refractivity contribution is 9.10. The molecule has 3 amide bonds. The molecule has 1 aliphatic carbocycles. The van der Waals surface area contributed by atoms with Crippen molar-refractivity contribution in [1.29, 1.82) is 0 Å². The van der Waals surface area contributed by atoms with Crippen LogP contribution in [0.2, 0.25) is 0 Å². The lowest BCUT2D eigenvalue weighted by molar-refractivity contribution is -0.128. The van der Waals surface area contributed by atoms with Gasteiger partial charge in [0.05, 0.1) is 4.47 Å². The Hall–Kier alpha value is -1.43. The van der Waals surface area contributed by atoms with E-state index in [1.807, 2.05) is 0 Å². The molecule has 1 N–H and O–H groups in total. The van der Waals surface area contributed by atoms with E-state index in [2.05, 4.69) is 21.2 Å². The van der Waals surface area contributed by atoms with E-state index in [-0.39, 0.29) is 17.8 Å². The summed E-state index contributed by atoms with van der Waals surface area (Å²) < 4.78 is 13.7. The van der Waals surface area contributed by atoms with Gasteiger partial charge in [0.25, 0.3) is 5.91 Å². The van der Waals surface area contributed by atoms with E-state index >= 15 is 0 Å². The van der Waals surface area contributed by atoms with Crippen LogP contribution in [0.25, 0.3) is 0 Å². The van der Waals surface area contributed by atoms with Crippen molar-refractivity contribution in [2.45, 2.75) is 44.2 Å². The van der Waals surface area contributed by atoms with E-state index in [4.69, 9.17) is 0 Å². The molecule has 0 aromatic heterocycles. The molecule has 3 rings (SSSR count). The minimum atomic E-state index is -0.712. The molecule has 0 radical (unpaired) electrons. The maximum atomic E-state index is 13.3. The molecule has 1 saturated carbocycles. The lowest BCUT2D eigenvalue weighted by Gasteiger charge is -2.38. The van der Waals surface area contributed by atoms with Gasteiger partial charge in [-0.2, -0.15) is 0 Å². The fourth-order valence-electron chi connectivity index (χ4n) is 3.28. The number of rotatable bonds is 2. The van der Waals surface area contributed by atoms with Gasteiger partial charge in [-0.3, -0.25) is 10.1 Å². The zero-order valence-corrected chi connectivity index (χ0v) is 13.1. The highest BCUT2D eigenvalue weighted by atomic mass is 79.9. The standard InChI is InChI=1S/C15H16BrFN2O2/c16-11-8-10(4-5-12(11)17)9-19-14(21)18-13(20)15(19)6-2-1-3-7-15/h4-5,8H,1-3,6-7,9H2,(H,18,20,21). The Morgan fingerprint density at radius 3 is 2.62 bits per heavy atom. The molecule has 2 fully saturated rings. The van der Waals surface area contributed by atoms with Crippen LogP contribution in [0, 0.1) is 5.82 Å². The highest BCUT2D eigenvalue weighted by Crippen LogP contribution is 2.38. The van der Waals surface area contributed by atoms with E-state index < -0.39 is 5.54 Å². The number of imide groups is 1. The summed E-state index contributed by atoms with van der Waals surface area (Å²) in [7, 11) is 0. The number of amides is 3. The molecule has 4 nitrogen and oxygen atoms in total. The Bertz CT molecular complexity index is 599. The van der Waals surface area contributed by atoms with E-state index in [0.717, 1.165) is 24.8 Å². The maximum Gasteiger partial charge on any atom is 0.325 e. The molecular weight excluding hydrogens is 339 g/mol. The topological polar surface area (TPSA) is 49.4 Å². The van der Waals surface area contributed by atoms with Crippen LogP contribution in [0.15, 0.2) is 22.7 Å². The maximum absolute atomic E-state index is 13.3. The fourth-order valence-corrected chi connectivity index (χ4v) is 3.70. The fraction of sp³-hybridized carbons (Fsp3) is 0.467. The molecule has 21 heavy (non-hydrogen) atoms. The minimum Gasteiger partial charge on any atom is -0.305 e. The normalized spacial score (nSPS) is 21.0. The first kappa shape index (κ1) is 14.5. The molecule has 0 atom stereocenters. The van der Waals surface area contributed by atoms with Gasteiger partial charge in [-0.15, -0.1) is 0 Å². The third-order valence-electron chi connectivity index (χ3n) is 4.41. The largest absolute Gasteiger partial charge is 0.325 e. The van der Waals surface area contributed by atoms with Gasteiger partial charge in [-0.25, -0.2) is 9.18 Å². The number of urea groups is 1. The third-order valence-corrected chi connectivity index (χ3v) is 5.02. The summed E-state index contributed by atoms with van der Waals surface area (Å²) in [6.07, 6.45) is 4.40. The van der Waals surface area contributed by atoms with Gasteiger partial charge >= 0.3 is 6.03 Å². The molecule has 1 aromatic rings. The monoisotopic (exact) mass is 354 g/mol. The van der Waals surface area contributed by atoms with E-state index in [9.17, 15) is 14.0 Å². The van der Waals surface area contributed by atoms with Crippen molar-refractivity contribution in [1.82, 2.24) is 10.2 Å². The average molecular weight is 355 g/mol. The Morgan fingerprint density at radius 2 is 1.95 bits per heavy atom. The second-order valence-corrected chi connectivity index (χ2v) is 6.54.